The molecular weight excluding hydrogens is 162 g/mol. The number of hydrogen-bond acceptors (Lipinski definition) is 2. The van der Waals surface area contributed by atoms with E-state index in [1.54, 1.807) is 0 Å². The molecule has 0 atom stereocenters. The zero-order valence-corrected chi connectivity index (χ0v) is 7.79. The number of aryl methyl sites for hydroxylation is 1. The molecule has 2 aromatic rings. The van der Waals surface area contributed by atoms with Gasteiger partial charge in [-0.25, -0.2) is 0 Å². The molecule has 0 unspecified atom stereocenters. The Labute approximate surface area is 76.9 Å². The lowest BCUT2D eigenvalue weighted by Gasteiger charge is -1.96. The highest BCUT2D eigenvalue weighted by Gasteiger charge is 2.02. The minimum Gasteiger partial charge on any atom is -0.460 e. The van der Waals surface area contributed by atoms with Crippen LogP contribution in [0.2, 0.25) is 0 Å². The Balaban J connectivity index is 2.67. The largest absolute Gasteiger partial charge is 0.460 e. The molecular formula is C11H11NO. The molecule has 0 aromatic carbocycles. The second-order valence-electron chi connectivity index (χ2n) is 3.24. The zero-order valence-electron chi connectivity index (χ0n) is 7.79. The van der Waals surface area contributed by atoms with Gasteiger partial charge in [0.25, 0.3) is 0 Å². The van der Waals surface area contributed by atoms with Crippen LogP contribution in [0, 0.1) is 6.92 Å². The van der Waals surface area contributed by atoms with Crippen LogP contribution in [-0.4, -0.2) is 4.98 Å². The van der Waals surface area contributed by atoms with Gasteiger partial charge in [-0.15, -0.1) is 0 Å². The summed E-state index contributed by atoms with van der Waals surface area (Å²) in [4.78, 5) is 4.27. The minimum atomic E-state index is 0.831. The number of nitrogens with zero attached hydrogens (tertiary/aromatic N) is 1. The Morgan fingerprint density at radius 3 is 2.92 bits per heavy atom. The summed E-state index contributed by atoms with van der Waals surface area (Å²) in [6, 6.07) is 3.90. The number of pyridine rings is 1. The van der Waals surface area contributed by atoms with Crippen molar-refractivity contribution in [3.05, 3.63) is 36.2 Å². The van der Waals surface area contributed by atoms with E-state index < -0.39 is 0 Å². The maximum Gasteiger partial charge on any atom is 0.153 e. The van der Waals surface area contributed by atoms with Crippen molar-refractivity contribution in [1.82, 2.24) is 4.98 Å². The van der Waals surface area contributed by atoms with Gasteiger partial charge in [0, 0.05) is 12.3 Å². The van der Waals surface area contributed by atoms with Crippen molar-refractivity contribution in [3.63, 3.8) is 0 Å². The number of rotatable bonds is 1. The Bertz CT molecular complexity index is 468. The lowest BCUT2D eigenvalue weighted by Crippen LogP contribution is -1.79. The molecule has 0 amide bonds. The van der Waals surface area contributed by atoms with E-state index in [1.807, 2.05) is 32.2 Å². The van der Waals surface area contributed by atoms with Crippen LogP contribution in [0.3, 0.4) is 0 Å². The van der Waals surface area contributed by atoms with E-state index in [9.17, 15) is 0 Å². The third-order valence-electron chi connectivity index (χ3n) is 1.99. The van der Waals surface area contributed by atoms with Crippen LogP contribution in [-0.2, 0) is 0 Å². The predicted molar refractivity (Wildman–Crippen MR) is 53.5 cm³/mol. The van der Waals surface area contributed by atoms with Gasteiger partial charge in [0.1, 0.15) is 11.3 Å². The topological polar surface area (TPSA) is 26.0 Å². The fourth-order valence-electron chi connectivity index (χ4n) is 1.27. The Morgan fingerprint density at radius 2 is 2.23 bits per heavy atom. The molecule has 0 bridgehead atoms. The molecule has 0 aliphatic heterocycles. The van der Waals surface area contributed by atoms with E-state index in [1.165, 1.54) is 0 Å². The molecule has 0 aliphatic carbocycles. The van der Waals surface area contributed by atoms with Crippen molar-refractivity contribution >= 4 is 16.7 Å². The van der Waals surface area contributed by atoms with E-state index >= 15 is 0 Å². The van der Waals surface area contributed by atoms with Crippen LogP contribution in [0.1, 0.15) is 18.2 Å². The Kier molecular flexibility index (Phi) is 1.69. The van der Waals surface area contributed by atoms with Gasteiger partial charge in [0.2, 0.25) is 0 Å². The quantitative estimate of drug-likeness (QED) is 0.662. The zero-order chi connectivity index (χ0) is 9.42. The van der Waals surface area contributed by atoms with Crippen LogP contribution in [0.5, 0.6) is 0 Å². The molecule has 0 spiro atoms. The van der Waals surface area contributed by atoms with E-state index in [0.29, 0.717) is 0 Å². The van der Waals surface area contributed by atoms with Gasteiger partial charge in [-0.05, 0) is 31.1 Å². The summed E-state index contributed by atoms with van der Waals surface area (Å²) in [5.74, 6) is 0.890. The molecule has 0 fully saturated rings. The normalized spacial score (nSPS) is 10.6. The van der Waals surface area contributed by atoms with Crippen molar-refractivity contribution < 1.29 is 4.42 Å². The van der Waals surface area contributed by atoms with Gasteiger partial charge in [-0.2, -0.15) is 0 Å². The molecule has 0 radical (unpaired) electrons. The summed E-state index contributed by atoms with van der Waals surface area (Å²) in [6.45, 7) is 7.73. The van der Waals surface area contributed by atoms with Gasteiger partial charge >= 0.3 is 0 Å². The van der Waals surface area contributed by atoms with E-state index in [-0.39, 0.29) is 0 Å². The van der Waals surface area contributed by atoms with Gasteiger partial charge in [-0.3, -0.25) is 4.98 Å². The second kappa shape index (κ2) is 2.73. The number of furan rings is 1. The van der Waals surface area contributed by atoms with E-state index in [2.05, 4.69) is 11.6 Å². The number of allylic oxidation sites excluding steroid dienone is 1. The number of hydrogen-bond donors (Lipinski definition) is 0. The molecule has 0 N–H and O–H groups in total. The molecule has 2 aromatic heterocycles. The van der Waals surface area contributed by atoms with Crippen LogP contribution in [0.25, 0.3) is 16.7 Å². The summed E-state index contributed by atoms with van der Waals surface area (Å²) in [6.07, 6.45) is 1.82. The van der Waals surface area contributed by atoms with Crippen LogP contribution >= 0.6 is 0 Å². The smallest absolute Gasteiger partial charge is 0.153 e. The van der Waals surface area contributed by atoms with E-state index in [0.717, 1.165) is 28.0 Å². The van der Waals surface area contributed by atoms with Crippen LogP contribution < -0.4 is 0 Å². The first kappa shape index (κ1) is 8.05. The SMILES string of the molecule is C=C(C)c1cnc2cc(C)oc2c1. The van der Waals surface area contributed by atoms with Crippen molar-refractivity contribution in [2.24, 2.45) is 0 Å². The summed E-state index contributed by atoms with van der Waals surface area (Å²) >= 11 is 0. The fraction of sp³-hybridized carbons (Fsp3) is 0.182. The summed E-state index contributed by atoms with van der Waals surface area (Å²) < 4.78 is 5.46. The van der Waals surface area contributed by atoms with Crippen molar-refractivity contribution in [1.29, 1.82) is 0 Å². The van der Waals surface area contributed by atoms with Crippen molar-refractivity contribution in [3.8, 4) is 0 Å². The average Bonchev–Trinajstić information content (AvgIpc) is 2.42. The van der Waals surface area contributed by atoms with Gasteiger partial charge in [-0.1, -0.05) is 6.58 Å². The molecule has 0 aliphatic rings. The van der Waals surface area contributed by atoms with Crippen LogP contribution in [0.4, 0.5) is 0 Å². The molecule has 0 saturated carbocycles. The molecule has 2 nitrogen and oxygen atoms in total. The number of fused-ring (bicyclic) bond motifs is 1. The van der Waals surface area contributed by atoms with Gasteiger partial charge < -0.3 is 4.42 Å². The molecule has 2 rings (SSSR count). The molecule has 66 valence electrons. The predicted octanol–water partition coefficient (Wildman–Crippen LogP) is 3.17. The average molecular weight is 173 g/mol. The van der Waals surface area contributed by atoms with Gasteiger partial charge in [0.05, 0.1) is 0 Å². The first-order chi connectivity index (χ1) is 6.16. The first-order valence-corrected chi connectivity index (χ1v) is 4.19. The summed E-state index contributed by atoms with van der Waals surface area (Å²) in [5, 5.41) is 0. The van der Waals surface area contributed by atoms with Crippen molar-refractivity contribution in [2.45, 2.75) is 13.8 Å². The third kappa shape index (κ3) is 1.35. The summed E-state index contributed by atoms with van der Waals surface area (Å²) in [7, 11) is 0. The highest BCUT2D eigenvalue weighted by atomic mass is 16.3. The maximum atomic E-state index is 5.46. The Morgan fingerprint density at radius 1 is 1.46 bits per heavy atom. The first-order valence-electron chi connectivity index (χ1n) is 4.19. The Hall–Kier alpha value is -1.57. The summed E-state index contributed by atoms with van der Waals surface area (Å²) in [5.41, 5.74) is 3.77. The molecule has 2 heteroatoms. The lowest BCUT2D eigenvalue weighted by molar-refractivity contribution is 0.578. The van der Waals surface area contributed by atoms with Crippen LogP contribution in [0.15, 0.2) is 29.3 Å². The monoisotopic (exact) mass is 173 g/mol. The van der Waals surface area contributed by atoms with E-state index in [4.69, 9.17) is 4.42 Å². The highest BCUT2D eigenvalue weighted by molar-refractivity contribution is 5.77. The maximum absolute atomic E-state index is 5.46. The molecule has 0 saturated heterocycles. The lowest BCUT2D eigenvalue weighted by atomic mass is 10.1. The second-order valence-corrected chi connectivity index (χ2v) is 3.24. The molecule has 2 heterocycles. The number of aromatic nitrogens is 1. The molecule has 13 heavy (non-hydrogen) atoms. The van der Waals surface area contributed by atoms with Crippen molar-refractivity contribution in [2.75, 3.05) is 0 Å². The standard InChI is InChI=1S/C11H11NO/c1-7(2)9-5-11-10(12-6-9)4-8(3)13-11/h4-6H,1H2,2-3H3. The minimum absolute atomic E-state index is 0.831. The third-order valence-corrected chi connectivity index (χ3v) is 1.99. The highest BCUT2D eigenvalue weighted by Crippen LogP contribution is 2.20. The van der Waals surface area contributed by atoms with Gasteiger partial charge in [0.15, 0.2) is 5.58 Å². The fourth-order valence-corrected chi connectivity index (χ4v) is 1.27.